The minimum absolute atomic E-state index is 0.142. The van der Waals surface area contributed by atoms with Gasteiger partial charge in [0.1, 0.15) is 6.04 Å². The van der Waals surface area contributed by atoms with Crippen molar-refractivity contribution in [1.82, 2.24) is 10.2 Å². The molecule has 2 aromatic carbocycles. The first kappa shape index (κ1) is 23.2. The number of carbonyl (C=O) groups excluding carboxylic acids is 2. The van der Waals surface area contributed by atoms with Crippen LogP contribution < -0.4 is 5.32 Å². The minimum Gasteiger partial charge on any atom is -0.354 e. The first-order valence-electron chi connectivity index (χ1n) is 9.74. The average molecular weight is 435 g/mol. The van der Waals surface area contributed by atoms with Gasteiger partial charge in [0.2, 0.25) is 11.8 Å². The van der Waals surface area contributed by atoms with E-state index in [0.29, 0.717) is 29.1 Å². The molecular formula is C23H28Cl2N2O2. The van der Waals surface area contributed by atoms with E-state index in [-0.39, 0.29) is 18.2 Å². The Morgan fingerprint density at radius 3 is 2.17 bits per heavy atom. The van der Waals surface area contributed by atoms with Gasteiger partial charge in [-0.3, -0.25) is 9.59 Å². The lowest BCUT2D eigenvalue weighted by molar-refractivity contribution is -0.140. The Morgan fingerprint density at radius 2 is 1.59 bits per heavy atom. The summed E-state index contributed by atoms with van der Waals surface area (Å²) in [4.78, 5) is 27.4. The van der Waals surface area contributed by atoms with Crippen molar-refractivity contribution in [3.05, 3.63) is 69.2 Å². The second kappa shape index (κ2) is 10.7. The Hall–Kier alpha value is -2.04. The second-order valence-corrected chi connectivity index (χ2v) is 8.56. The van der Waals surface area contributed by atoms with Crippen molar-refractivity contribution in [2.24, 2.45) is 5.92 Å². The molecule has 0 fully saturated rings. The first-order chi connectivity index (χ1) is 13.7. The van der Waals surface area contributed by atoms with Crippen LogP contribution in [0.4, 0.5) is 0 Å². The summed E-state index contributed by atoms with van der Waals surface area (Å²) < 4.78 is 0. The molecule has 0 saturated heterocycles. The van der Waals surface area contributed by atoms with Crippen molar-refractivity contribution in [2.45, 2.75) is 46.7 Å². The Morgan fingerprint density at radius 1 is 0.966 bits per heavy atom. The van der Waals surface area contributed by atoms with Crippen LogP contribution in [0.2, 0.25) is 10.0 Å². The van der Waals surface area contributed by atoms with Gasteiger partial charge in [0.25, 0.3) is 0 Å². The van der Waals surface area contributed by atoms with Crippen molar-refractivity contribution in [3.63, 3.8) is 0 Å². The molecule has 1 N–H and O–H groups in total. The molecule has 0 aliphatic carbocycles. The zero-order valence-electron chi connectivity index (χ0n) is 17.3. The van der Waals surface area contributed by atoms with Crippen LogP contribution in [-0.2, 0) is 22.6 Å². The standard InChI is InChI=1S/C23H28Cl2N2O2/c1-15(2)13-26-23(29)17(4)27(14-18-7-5-16(3)6-8-18)22(28)12-19-9-10-20(24)21(25)11-19/h5-11,15,17H,12-14H2,1-4H3,(H,26,29)/t17-/m0/s1. The zero-order chi connectivity index (χ0) is 21.6. The van der Waals surface area contributed by atoms with E-state index in [2.05, 4.69) is 5.32 Å². The maximum absolute atomic E-state index is 13.1. The lowest BCUT2D eigenvalue weighted by atomic mass is 10.1. The van der Waals surface area contributed by atoms with Crippen molar-refractivity contribution in [3.8, 4) is 0 Å². The highest BCUT2D eigenvalue weighted by Gasteiger charge is 2.26. The summed E-state index contributed by atoms with van der Waals surface area (Å²) in [5.74, 6) is 0.0353. The van der Waals surface area contributed by atoms with Gasteiger partial charge >= 0.3 is 0 Å². The van der Waals surface area contributed by atoms with Gasteiger partial charge in [0, 0.05) is 13.1 Å². The van der Waals surface area contributed by atoms with Crippen LogP contribution in [0.3, 0.4) is 0 Å². The van der Waals surface area contributed by atoms with E-state index in [1.165, 1.54) is 0 Å². The van der Waals surface area contributed by atoms with Crippen LogP contribution >= 0.6 is 23.2 Å². The van der Waals surface area contributed by atoms with E-state index in [9.17, 15) is 9.59 Å². The number of amides is 2. The minimum atomic E-state index is -0.592. The third-order valence-corrected chi connectivity index (χ3v) is 5.40. The molecule has 156 valence electrons. The fraction of sp³-hybridized carbons (Fsp3) is 0.391. The Balaban J connectivity index is 2.21. The van der Waals surface area contributed by atoms with Gasteiger partial charge in [-0.1, -0.05) is 72.9 Å². The summed E-state index contributed by atoms with van der Waals surface area (Å²) in [6, 6.07) is 12.5. The number of nitrogens with one attached hydrogen (secondary N) is 1. The largest absolute Gasteiger partial charge is 0.354 e. The molecule has 0 aliphatic rings. The summed E-state index contributed by atoms with van der Waals surface area (Å²) in [7, 11) is 0. The van der Waals surface area contributed by atoms with E-state index >= 15 is 0 Å². The van der Waals surface area contributed by atoms with Gasteiger partial charge in [-0.05, 0) is 43.0 Å². The molecule has 0 aliphatic heterocycles. The highest BCUT2D eigenvalue weighted by atomic mass is 35.5. The van der Waals surface area contributed by atoms with Crippen molar-refractivity contribution in [1.29, 1.82) is 0 Å². The third kappa shape index (κ3) is 7.06. The molecule has 0 bridgehead atoms. The predicted molar refractivity (Wildman–Crippen MR) is 119 cm³/mol. The second-order valence-electron chi connectivity index (χ2n) is 7.75. The topological polar surface area (TPSA) is 49.4 Å². The molecule has 4 nitrogen and oxygen atoms in total. The van der Waals surface area contributed by atoms with E-state index < -0.39 is 6.04 Å². The number of hydrogen-bond donors (Lipinski definition) is 1. The predicted octanol–water partition coefficient (Wildman–Crippen LogP) is 5.03. The number of carbonyl (C=O) groups is 2. The summed E-state index contributed by atoms with van der Waals surface area (Å²) in [6.45, 7) is 8.77. The average Bonchev–Trinajstić information content (AvgIpc) is 2.67. The van der Waals surface area contributed by atoms with Crippen molar-refractivity contribution >= 4 is 35.0 Å². The molecule has 0 saturated carbocycles. The van der Waals surface area contributed by atoms with Crippen LogP contribution in [0, 0.1) is 12.8 Å². The number of benzene rings is 2. The normalized spacial score (nSPS) is 12.0. The van der Waals surface area contributed by atoms with Gasteiger partial charge in [-0.15, -0.1) is 0 Å². The SMILES string of the molecule is Cc1ccc(CN(C(=O)Cc2ccc(Cl)c(Cl)c2)[C@@H](C)C(=O)NCC(C)C)cc1. The Bertz CT molecular complexity index is 850. The maximum atomic E-state index is 13.1. The summed E-state index contributed by atoms with van der Waals surface area (Å²) >= 11 is 12.1. The van der Waals surface area contributed by atoms with Gasteiger partial charge in [0.15, 0.2) is 0 Å². The number of hydrogen-bond acceptors (Lipinski definition) is 2. The molecule has 1 atom stereocenters. The van der Waals surface area contributed by atoms with E-state index in [4.69, 9.17) is 23.2 Å². The van der Waals surface area contributed by atoms with E-state index in [0.717, 1.165) is 16.7 Å². The van der Waals surface area contributed by atoms with Crippen LogP contribution in [0.25, 0.3) is 0 Å². The van der Waals surface area contributed by atoms with E-state index in [1.807, 2.05) is 45.0 Å². The molecule has 0 radical (unpaired) electrons. The summed E-state index contributed by atoms with van der Waals surface area (Å²) in [6.07, 6.45) is 0.143. The number of aryl methyl sites for hydroxylation is 1. The van der Waals surface area contributed by atoms with Gasteiger partial charge in [0.05, 0.1) is 16.5 Å². The Kier molecular flexibility index (Phi) is 8.54. The highest BCUT2D eigenvalue weighted by molar-refractivity contribution is 6.42. The molecule has 0 aromatic heterocycles. The first-order valence-corrected chi connectivity index (χ1v) is 10.5. The van der Waals surface area contributed by atoms with Crippen molar-refractivity contribution in [2.75, 3.05) is 6.54 Å². The van der Waals surface area contributed by atoms with Crippen LogP contribution in [0.1, 0.15) is 37.5 Å². The molecule has 29 heavy (non-hydrogen) atoms. The molecule has 0 unspecified atom stereocenters. The molecule has 2 aromatic rings. The Labute approximate surface area is 183 Å². The quantitative estimate of drug-likeness (QED) is 0.632. The molecule has 6 heteroatoms. The number of halogens is 2. The third-order valence-electron chi connectivity index (χ3n) is 4.66. The van der Waals surface area contributed by atoms with Crippen LogP contribution in [0.5, 0.6) is 0 Å². The lowest BCUT2D eigenvalue weighted by Gasteiger charge is -2.29. The zero-order valence-corrected chi connectivity index (χ0v) is 18.8. The van der Waals surface area contributed by atoms with Crippen LogP contribution in [-0.4, -0.2) is 29.3 Å². The molecule has 2 rings (SSSR count). The molecule has 0 heterocycles. The fourth-order valence-electron chi connectivity index (χ4n) is 2.85. The van der Waals surface area contributed by atoms with E-state index in [1.54, 1.807) is 30.0 Å². The number of rotatable bonds is 8. The summed E-state index contributed by atoms with van der Waals surface area (Å²) in [5, 5.41) is 3.77. The fourth-order valence-corrected chi connectivity index (χ4v) is 3.17. The van der Waals surface area contributed by atoms with Crippen LogP contribution in [0.15, 0.2) is 42.5 Å². The van der Waals surface area contributed by atoms with Crippen molar-refractivity contribution < 1.29 is 9.59 Å². The smallest absolute Gasteiger partial charge is 0.242 e. The molecular weight excluding hydrogens is 407 g/mol. The molecule has 2 amide bonds. The number of nitrogens with zero attached hydrogens (tertiary/aromatic N) is 1. The van der Waals surface area contributed by atoms with Gasteiger partial charge < -0.3 is 10.2 Å². The van der Waals surface area contributed by atoms with Gasteiger partial charge in [-0.2, -0.15) is 0 Å². The summed E-state index contributed by atoms with van der Waals surface area (Å²) in [5.41, 5.74) is 2.87. The van der Waals surface area contributed by atoms with Gasteiger partial charge in [-0.25, -0.2) is 0 Å². The highest BCUT2D eigenvalue weighted by Crippen LogP contribution is 2.23. The monoisotopic (exact) mass is 434 g/mol. The maximum Gasteiger partial charge on any atom is 0.242 e. The lowest BCUT2D eigenvalue weighted by Crippen LogP contribution is -2.48. The molecule has 0 spiro atoms.